The fourth-order valence-corrected chi connectivity index (χ4v) is 5.31. The van der Waals surface area contributed by atoms with Crippen molar-refractivity contribution in [1.82, 2.24) is 20.6 Å². The Morgan fingerprint density at radius 2 is 1.67 bits per heavy atom. The van der Waals surface area contributed by atoms with Crippen LogP contribution in [0.3, 0.4) is 0 Å². The number of rotatable bonds is 8. The minimum Gasteiger partial charge on any atom is -0.381 e. The number of anilines is 1. The Bertz CT molecular complexity index is 1270. The molecule has 39 heavy (non-hydrogen) atoms. The van der Waals surface area contributed by atoms with Gasteiger partial charge in [-0.1, -0.05) is 12.1 Å². The number of nitrogens with one attached hydrogen (secondary N) is 2. The Morgan fingerprint density at radius 3 is 2.41 bits per heavy atom. The molecule has 2 saturated heterocycles. The Balaban J connectivity index is 1.19. The highest BCUT2D eigenvalue weighted by Gasteiger charge is 2.37. The van der Waals surface area contributed by atoms with Crippen molar-refractivity contribution in [2.24, 2.45) is 0 Å². The van der Waals surface area contributed by atoms with Crippen LogP contribution in [-0.2, 0) is 16.0 Å². The summed E-state index contributed by atoms with van der Waals surface area (Å²) in [6, 6.07) is 17.1. The molecule has 1 aromatic heterocycles. The van der Waals surface area contributed by atoms with Gasteiger partial charge in [-0.15, -0.1) is 0 Å². The molecule has 1 amide bonds. The average Bonchev–Trinajstić information content (AvgIpc) is 3.77. The minimum atomic E-state index is -0.220. The molecule has 1 aliphatic carbocycles. The van der Waals surface area contributed by atoms with Crippen molar-refractivity contribution < 1.29 is 18.7 Å². The zero-order valence-electron chi connectivity index (χ0n) is 21.9. The summed E-state index contributed by atoms with van der Waals surface area (Å²) in [7, 11) is 0. The number of ether oxygens (including phenoxy) is 2. The lowest BCUT2D eigenvalue weighted by atomic mass is 10.1. The highest BCUT2D eigenvalue weighted by atomic mass is 19.1. The van der Waals surface area contributed by atoms with Gasteiger partial charge in [0.25, 0.3) is 5.91 Å². The molecule has 3 heterocycles. The third-order valence-corrected chi connectivity index (χ3v) is 7.70. The summed E-state index contributed by atoms with van der Waals surface area (Å²) in [6.45, 7) is 5.02. The second-order valence-corrected chi connectivity index (χ2v) is 10.5. The fraction of sp³-hybridized carbons (Fsp3) is 0.433. The first kappa shape index (κ1) is 25.9. The summed E-state index contributed by atoms with van der Waals surface area (Å²) in [6.07, 6.45) is 2.59. The lowest BCUT2D eigenvalue weighted by Gasteiger charge is -2.28. The van der Waals surface area contributed by atoms with E-state index in [0.717, 1.165) is 68.1 Å². The van der Waals surface area contributed by atoms with Gasteiger partial charge >= 0.3 is 0 Å². The zero-order chi connectivity index (χ0) is 26.6. The molecule has 3 aliphatic rings. The Hall–Kier alpha value is -3.40. The maximum Gasteiger partial charge on any atom is 0.270 e. The molecule has 0 radical (unpaired) electrons. The highest BCUT2D eigenvalue weighted by molar-refractivity contribution is 5.93. The number of amides is 1. The highest BCUT2D eigenvalue weighted by Crippen LogP contribution is 2.40. The fourth-order valence-electron chi connectivity index (χ4n) is 5.31. The Kier molecular flexibility index (Phi) is 7.81. The van der Waals surface area contributed by atoms with Crippen molar-refractivity contribution in [3.63, 3.8) is 0 Å². The Labute approximate surface area is 227 Å². The average molecular weight is 532 g/mol. The van der Waals surface area contributed by atoms with Crippen LogP contribution in [0.4, 0.5) is 10.1 Å². The van der Waals surface area contributed by atoms with E-state index in [1.807, 2.05) is 24.3 Å². The number of morpholine rings is 1. The van der Waals surface area contributed by atoms with E-state index in [2.05, 4.69) is 32.7 Å². The number of halogens is 1. The van der Waals surface area contributed by atoms with E-state index in [-0.39, 0.29) is 17.8 Å². The van der Waals surface area contributed by atoms with Crippen LogP contribution in [0.1, 0.15) is 46.9 Å². The van der Waals surface area contributed by atoms with Gasteiger partial charge in [0.2, 0.25) is 0 Å². The van der Waals surface area contributed by atoms with Crippen molar-refractivity contribution in [2.75, 3.05) is 44.4 Å². The summed E-state index contributed by atoms with van der Waals surface area (Å²) in [4.78, 5) is 25.0. The molecule has 0 unspecified atom stereocenters. The van der Waals surface area contributed by atoms with Crippen LogP contribution in [0.5, 0.6) is 0 Å². The van der Waals surface area contributed by atoms with Crippen LogP contribution >= 0.6 is 0 Å². The second-order valence-electron chi connectivity index (χ2n) is 10.5. The molecule has 1 saturated carbocycles. The summed E-state index contributed by atoms with van der Waals surface area (Å²) in [5.74, 6) is 0.482. The molecule has 2 N–H and O–H groups in total. The molecular formula is C30H34FN5O3. The van der Waals surface area contributed by atoms with Gasteiger partial charge < -0.3 is 25.0 Å². The first-order chi connectivity index (χ1) is 19.1. The first-order valence-corrected chi connectivity index (χ1v) is 13.8. The molecule has 204 valence electrons. The van der Waals surface area contributed by atoms with Gasteiger partial charge in [-0.2, -0.15) is 0 Å². The van der Waals surface area contributed by atoms with Crippen molar-refractivity contribution >= 4 is 11.6 Å². The number of benzene rings is 2. The van der Waals surface area contributed by atoms with Crippen LogP contribution in [0.25, 0.3) is 11.4 Å². The van der Waals surface area contributed by atoms with E-state index in [0.29, 0.717) is 43.2 Å². The number of nitrogens with zero attached hydrogens (tertiary/aromatic N) is 3. The van der Waals surface area contributed by atoms with E-state index in [9.17, 15) is 9.18 Å². The van der Waals surface area contributed by atoms with E-state index in [1.165, 1.54) is 12.1 Å². The topological polar surface area (TPSA) is 88.6 Å². The van der Waals surface area contributed by atoms with Crippen molar-refractivity contribution in [1.29, 1.82) is 0 Å². The number of carbonyl (C=O) groups excluding carboxylic acids is 1. The van der Waals surface area contributed by atoms with Gasteiger partial charge in [0.1, 0.15) is 11.5 Å². The lowest BCUT2D eigenvalue weighted by molar-refractivity contribution is 0.0694. The third kappa shape index (κ3) is 6.43. The standard InChI is InChI=1S/C30H34FN5O3/c31-22-5-1-20(2-6-22)26-18-27(26)32-19-24-17-28(30(37)34-23-9-13-38-14-10-23)35-29(33-24)21-3-7-25(8-4-21)36-11-15-39-16-12-36/h1-8,17,23,26-27,32H,9-16,18-19H2,(H,34,37)/t26-,27+/m0/s1. The van der Waals surface area contributed by atoms with Crippen LogP contribution in [0.15, 0.2) is 54.6 Å². The SMILES string of the molecule is O=C(NC1CCOCC1)c1cc(CN[C@@H]2C[C@H]2c2ccc(F)cc2)nc(-c2ccc(N3CCOCC3)cc2)n1. The van der Waals surface area contributed by atoms with Crippen molar-refractivity contribution in [3.8, 4) is 11.4 Å². The van der Waals surface area contributed by atoms with Gasteiger partial charge in [-0.25, -0.2) is 14.4 Å². The molecule has 8 nitrogen and oxygen atoms in total. The van der Waals surface area contributed by atoms with Crippen LogP contribution in [-0.4, -0.2) is 67.5 Å². The van der Waals surface area contributed by atoms with Crippen molar-refractivity contribution in [2.45, 2.75) is 43.8 Å². The predicted octanol–water partition coefficient (Wildman–Crippen LogP) is 3.67. The second kappa shape index (κ2) is 11.8. The minimum absolute atomic E-state index is 0.0852. The molecular weight excluding hydrogens is 497 g/mol. The van der Waals surface area contributed by atoms with Gasteiger partial charge in [0.15, 0.2) is 5.82 Å². The summed E-state index contributed by atoms with van der Waals surface area (Å²) >= 11 is 0. The van der Waals surface area contributed by atoms with Gasteiger partial charge in [0.05, 0.1) is 18.9 Å². The number of aromatic nitrogens is 2. The summed E-state index contributed by atoms with van der Waals surface area (Å²) in [5.41, 5.74) is 4.27. The van der Waals surface area contributed by atoms with Gasteiger partial charge in [-0.3, -0.25) is 4.79 Å². The lowest BCUT2D eigenvalue weighted by Crippen LogP contribution is -2.39. The maximum absolute atomic E-state index is 13.3. The molecule has 3 fully saturated rings. The molecule has 6 rings (SSSR count). The van der Waals surface area contributed by atoms with Crippen LogP contribution in [0, 0.1) is 5.82 Å². The monoisotopic (exact) mass is 531 g/mol. The zero-order valence-corrected chi connectivity index (χ0v) is 21.9. The van der Waals surface area contributed by atoms with Crippen LogP contribution < -0.4 is 15.5 Å². The number of hydrogen-bond donors (Lipinski definition) is 2. The third-order valence-electron chi connectivity index (χ3n) is 7.70. The van der Waals surface area contributed by atoms with Crippen molar-refractivity contribution in [3.05, 3.63) is 77.4 Å². The Morgan fingerprint density at radius 1 is 0.949 bits per heavy atom. The predicted molar refractivity (Wildman–Crippen MR) is 146 cm³/mol. The molecule has 3 aromatic rings. The summed E-state index contributed by atoms with van der Waals surface area (Å²) < 4.78 is 24.2. The van der Waals surface area contributed by atoms with E-state index < -0.39 is 0 Å². The number of carbonyl (C=O) groups is 1. The van der Waals surface area contributed by atoms with Gasteiger partial charge in [-0.05, 0) is 67.3 Å². The number of hydrogen-bond acceptors (Lipinski definition) is 7. The van der Waals surface area contributed by atoms with Crippen LogP contribution in [0.2, 0.25) is 0 Å². The first-order valence-electron chi connectivity index (χ1n) is 13.8. The smallest absolute Gasteiger partial charge is 0.270 e. The maximum atomic E-state index is 13.3. The van der Waals surface area contributed by atoms with E-state index >= 15 is 0 Å². The largest absolute Gasteiger partial charge is 0.381 e. The van der Waals surface area contributed by atoms with E-state index in [4.69, 9.17) is 14.5 Å². The normalized spacial score (nSPS) is 21.5. The molecule has 9 heteroatoms. The molecule has 2 aliphatic heterocycles. The molecule has 0 bridgehead atoms. The van der Waals surface area contributed by atoms with Gasteiger partial charge in [0, 0.05) is 62.1 Å². The molecule has 2 aromatic carbocycles. The molecule has 2 atom stereocenters. The quantitative estimate of drug-likeness (QED) is 0.459. The summed E-state index contributed by atoms with van der Waals surface area (Å²) in [5, 5.41) is 6.69. The molecule has 0 spiro atoms. The van der Waals surface area contributed by atoms with E-state index in [1.54, 1.807) is 6.07 Å².